The van der Waals surface area contributed by atoms with E-state index in [1.54, 1.807) is 0 Å². The van der Waals surface area contributed by atoms with Gasteiger partial charge in [0, 0.05) is 12.8 Å². The zero-order chi connectivity index (χ0) is 37.2. The Morgan fingerprint density at radius 2 is 1.14 bits per heavy atom. The molecule has 0 aliphatic carbocycles. The number of allylic oxidation sites excluding steroid dienone is 6. The number of hydrogen-bond donors (Lipinski definition) is 0. The molecule has 0 aromatic rings. The largest absolute Gasteiger partial charge is 0.756 e. The number of phosphoric acid groups is 1. The maximum atomic E-state index is 12.6. The lowest BCUT2D eigenvalue weighted by atomic mass is 10.0. The summed E-state index contributed by atoms with van der Waals surface area (Å²) in [6, 6.07) is 0. The van der Waals surface area contributed by atoms with Gasteiger partial charge in [-0.25, -0.2) is 0 Å². The lowest BCUT2D eigenvalue weighted by Crippen LogP contribution is -2.37. The molecule has 0 saturated heterocycles. The molecular weight excluding hydrogens is 653 g/mol. The summed E-state index contributed by atoms with van der Waals surface area (Å²) in [5.41, 5.74) is 0. The van der Waals surface area contributed by atoms with Gasteiger partial charge in [0.05, 0.1) is 27.7 Å². The van der Waals surface area contributed by atoms with Crippen molar-refractivity contribution in [3.05, 3.63) is 36.5 Å². The molecule has 0 fully saturated rings. The lowest BCUT2D eigenvalue weighted by Gasteiger charge is -2.28. The van der Waals surface area contributed by atoms with Crippen molar-refractivity contribution in [3.8, 4) is 0 Å². The third-order valence-corrected chi connectivity index (χ3v) is 9.20. The first kappa shape index (κ1) is 48.2. The van der Waals surface area contributed by atoms with Crippen molar-refractivity contribution in [1.82, 2.24) is 0 Å². The summed E-state index contributed by atoms with van der Waals surface area (Å²) in [4.78, 5) is 37.3. The van der Waals surface area contributed by atoms with Crippen LogP contribution in [0.3, 0.4) is 0 Å². The predicted octanol–water partition coefficient (Wildman–Crippen LogP) is 9.94. The van der Waals surface area contributed by atoms with E-state index in [-0.39, 0.29) is 26.1 Å². The Hall–Kier alpha value is -1.77. The molecule has 0 aromatic heterocycles. The van der Waals surface area contributed by atoms with Crippen LogP contribution >= 0.6 is 7.82 Å². The fourth-order valence-electron chi connectivity index (χ4n) is 5.12. The zero-order valence-electron chi connectivity index (χ0n) is 32.6. The number of quaternary nitrogens is 1. The van der Waals surface area contributed by atoms with E-state index in [2.05, 4.69) is 32.1 Å². The van der Waals surface area contributed by atoms with E-state index < -0.39 is 32.5 Å². The Kier molecular flexibility index (Phi) is 31.9. The number of likely N-dealkylation sites (N-methyl/N-ethyl adjacent to an activating group) is 1. The SMILES string of the molecule is CC/C=C/C=C/C=C/CCCCCCCC(=O)OC(COC(=O)CCCCCCCCCCCCCCC)COP(=O)([O-])OCC[N+](C)(C)C. The van der Waals surface area contributed by atoms with E-state index in [4.69, 9.17) is 18.5 Å². The molecule has 0 aromatic carbocycles. The average Bonchev–Trinajstić information content (AvgIpc) is 3.06. The van der Waals surface area contributed by atoms with Crippen LogP contribution in [-0.4, -0.2) is 70.0 Å². The summed E-state index contributed by atoms with van der Waals surface area (Å²) >= 11 is 0. The second-order valence-electron chi connectivity index (χ2n) is 14.3. The van der Waals surface area contributed by atoms with E-state index >= 15 is 0 Å². The molecule has 10 heteroatoms. The summed E-state index contributed by atoms with van der Waals surface area (Å²) < 4.78 is 33.7. The Morgan fingerprint density at radius 1 is 0.640 bits per heavy atom. The Morgan fingerprint density at radius 3 is 1.68 bits per heavy atom. The molecule has 9 nitrogen and oxygen atoms in total. The van der Waals surface area contributed by atoms with E-state index in [9.17, 15) is 19.0 Å². The highest BCUT2D eigenvalue weighted by Crippen LogP contribution is 2.38. The molecule has 0 N–H and O–H groups in total. The van der Waals surface area contributed by atoms with Gasteiger partial charge in [0.1, 0.15) is 19.8 Å². The van der Waals surface area contributed by atoms with E-state index in [0.717, 1.165) is 57.8 Å². The summed E-state index contributed by atoms with van der Waals surface area (Å²) in [5, 5.41) is 0. The monoisotopic (exact) mass is 728 g/mol. The van der Waals surface area contributed by atoms with Crippen LogP contribution in [-0.2, 0) is 32.7 Å². The topological polar surface area (TPSA) is 111 Å². The second-order valence-corrected chi connectivity index (χ2v) is 15.7. The van der Waals surface area contributed by atoms with E-state index in [0.29, 0.717) is 17.4 Å². The van der Waals surface area contributed by atoms with Crippen molar-refractivity contribution in [2.24, 2.45) is 0 Å². The van der Waals surface area contributed by atoms with Gasteiger partial charge < -0.3 is 27.9 Å². The number of hydrogen-bond acceptors (Lipinski definition) is 8. The lowest BCUT2D eigenvalue weighted by molar-refractivity contribution is -0.870. The van der Waals surface area contributed by atoms with Crippen molar-refractivity contribution in [2.75, 3.05) is 47.5 Å². The third kappa shape index (κ3) is 36.0. The van der Waals surface area contributed by atoms with Gasteiger partial charge in [0.2, 0.25) is 0 Å². The molecule has 0 rings (SSSR count). The van der Waals surface area contributed by atoms with Crippen LogP contribution in [0.15, 0.2) is 36.5 Å². The van der Waals surface area contributed by atoms with Gasteiger partial charge in [0.25, 0.3) is 7.82 Å². The van der Waals surface area contributed by atoms with Crippen LogP contribution in [0.25, 0.3) is 0 Å². The highest BCUT2D eigenvalue weighted by Gasteiger charge is 2.21. The number of phosphoric ester groups is 1. The van der Waals surface area contributed by atoms with Crippen molar-refractivity contribution < 1.29 is 42.1 Å². The number of unbranched alkanes of at least 4 members (excludes halogenated alkanes) is 17. The van der Waals surface area contributed by atoms with E-state index in [1.807, 2.05) is 39.4 Å². The molecule has 292 valence electrons. The Balaban J connectivity index is 4.45. The van der Waals surface area contributed by atoms with Crippen molar-refractivity contribution in [2.45, 2.75) is 161 Å². The molecule has 2 atom stereocenters. The highest BCUT2D eigenvalue weighted by atomic mass is 31.2. The van der Waals surface area contributed by atoms with Crippen LogP contribution in [0.4, 0.5) is 0 Å². The molecule has 0 bridgehead atoms. The molecule has 0 aliphatic rings. The van der Waals surface area contributed by atoms with Gasteiger partial charge in [-0.3, -0.25) is 14.2 Å². The summed E-state index contributed by atoms with van der Waals surface area (Å²) in [6.07, 6.45) is 34.5. The van der Waals surface area contributed by atoms with Crippen molar-refractivity contribution in [3.63, 3.8) is 0 Å². The number of rotatable bonds is 35. The maximum absolute atomic E-state index is 12.6. The number of carbonyl (C=O) groups excluding carboxylic acids is 2. The van der Waals surface area contributed by atoms with Gasteiger partial charge >= 0.3 is 11.9 Å². The molecular formula is C40H74NO8P. The summed E-state index contributed by atoms with van der Waals surface area (Å²) in [6.45, 7) is 4.05. The molecule has 0 aliphatic heterocycles. The minimum atomic E-state index is -4.62. The van der Waals surface area contributed by atoms with Crippen LogP contribution in [0.2, 0.25) is 0 Å². The van der Waals surface area contributed by atoms with E-state index in [1.165, 1.54) is 64.2 Å². The number of carbonyl (C=O) groups is 2. The van der Waals surface area contributed by atoms with Gasteiger partial charge in [-0.2, -0.15) is 0 Å². The molecule has 0 heterocycles. The molecule has 0 spiro atoms. The fourth-order valence-corrected chi connectivity index (χ4v) is 5.85. The number of nitrogens with zero attached hydrogens (tertiary/aromatic N) is 1. The van der Waals surface area contributed by atoms with Gasteiger partial charge in [-0.05, 0) is 32.1 Å². The summed E-state index contributed by atoms with van der Waals surface area (Å²) in [7, 11) is 1.15. The van der Waals surface area contributed by atoms with Crippen LogP contribution in [0.5, 0.6) is 0 Å². The molecule has 0 saturated carbocycles. The molecule has 0 amide bonds. The first-order chi connectivity index (χ1) is 24.0. The van der Waals surface area contributed by atoms with Crippen LogP contribution in [0.1, 0.15) is 155 Å². The average molecular weight is 728 g/mol. The number of esters is 2. The predicted molar refractivity (Wildman–Crippen MR) is 204 cm³/mol. The Bertz CT molecular complexity index is 959. The molecule has 0 radical (unpaired) electrons. The summed E-state index contributed by atoms with van der Waals surface area (Å²) in [5.74, 6) is -0.859. The number of ether oxygens (including phenoxy) is 2. The van der Waals surface area contributed by atoms with Crippen molar-refractivity contribution in [1.29, 1.82) is 0 Å². The fraction of sp³-hybridized carbons (Fsp3) is 0.800. The van der Waals surface area contributed by atoms with Gasteiger partial charge in [0.15, 0.2) is 6.10 Å². The second kappa shape index (κ2) is 33.1. The normalized spacial score (nSPS) is 14.1. The molecule has 50 heavy (non-hydrogen) atoms. The molecule has 2 unspecified atom stereocenters. The maximum Gasteiger partial charge on any atom is 0.306 e. The zero-order valence-corrected chi connectivity index (χ0v) is 33.5. The highest BCUT2D eigenvalue weighted by molar-refractivity contribution is 7.45. The minimum Gasteiger partial charge on any atom is -0.756 e. The first-order valence-corrected chi connectivity index (χ1v) is 21.2. The van der Waals surface area contributed by atoms with Crippen LogP contribution in [0, 0.1) is 0 Å². The van der Waals surface area contributed by atoms with Crippen molar-refractivity contribution >= 4 is 19.8 Å². The van der Waals surface area contributed by atoms with Gasteiger partial charge in [-0.15, -0.1) is 0 Å². The Labute approximate surface area is 306 Å². The van der Waals surface area contributed by atoms with Crippen LogP contribution < -0.4 is 4.89 Å². The quantitative estimate of drug-likeness (QED) is 0.0209. The minimum absolute atomic E-state index is 0.0349. The van der Waals surface area contributed by atoms with Gasteiger partial charge in [-0.1, -0.05) is 147 Å². The standard InChI is InChI=1S/C40H74NO8P/c1-6-8-10-12-14-16-18-20-22-24-26-28-30-32-39(42)46-36-38(37-48-50(44,45)47-35-34-41(3,4)5)49-40(43)33-31-29-27-25-23-21-19-17-15-13-11-9-7-2/h9,11,13,15,17,19,38H,6-8,10,12,14,16,18,20-37H2,1-5H3/b11-9+,15-13+,19-17+. The first-order valence-electron chi connectivity index (χ1n) is 19.7. The smallest absolute Gasteiger partial charge is 0.306 e. The third-order valence-electron chi connectivity index (χ3n) is 8.24.